The first kappa shape index (κ1) is 14.6. The van der Waals surface area contributed by atoms with E-state index >= 15 is 0 Å². The number of hydrogen-bond acceptors (Lipinski definition) is 2. The highest BCUT2D eigenvalue weighted by molar-refractivity contribution is 9.10. The zero-order valence-electron chi connectivity index (χ0n) is 11.0. The van der Waals surface area contributed by atoms with Crippen LogP contribution in [-0.2, 0) is 11.2 Å². The van der Waals surface area contributed by atoms with Crippen molar-refractivity contribution < 1.29 is 14.6 Å². The molecule has 1 unspecified atom stereocenters. The van der Waals surface area contributed by atoms with Crippen LogP contribution in [0.2, 0.25) is 0 Å². The van der Waals surface area contributed by atoms with Gasteiger partial charge < -0.3 is 9.84 Å². The second-order valence-electron chi connectivity index (χ2n) is 4.46. The van der Waals surface area contributed by atoms with Crippen molar-refractivity contribution in [1.29, 1.82) is 0 Å². The van der Waals surface area contributed by atoms with E-state index in [1.54, 1.807) is 19.2 Å². The molecule has 0 radical (unpaired) electrons. The van der Waals surface area contributed by atoms with Gasteiger partial charge in [0.2, 0.25) is 0 Å². The first-order valence-corrected chi connectivity index (χ1v) is 7.01. The summed E-state index contributed by atoms with van der Waals surface area (Å²) in [6, 6.07) is 14.9. The number of ether oxygens (including phenoxy) is 1. The standard InChI is InChI=1S/C16H15BrO3/c1-20-15-5-3-2-4-13(15)14(16(18)19)10-11-6-8-12(17)9-7-11/h2-9,14H,10H2,1H3,(H,18,19). The van der Waals surface area contributed by atoms with Crippen LogP contribution in [0.4, 0.5) is 0 Å². The fourth-order valence-corrected chi connectivity index (χ4v) is 2.41. The predicted octanol–water partition coefficient (Wildman–Crippen LogP) is 3.87. The molecule has 0 spiro atoms. The van der Waals surface area contributed by atoms with Crippen LogP contribution in [0, 0.1) is 0 Å². The minimum atomic E-state index is -0.850. The van der Waals surface area contributed by atoms with Crippen LogP contribution in [0.5, 0.6) is 5.75 Å². The van der Waals surface area contributed by atoms with Gasteiger partial charge in [0.1, 0.15) is 5.75 Å². The number of benzene rings is 2. The maximum absolute atomic E-state index is 11.6. The van der Waals surface area contributed by atoms with E-state index in [2.05, 4.69) is 15.9 Å². The molecule has 0 fully saturated rings. The van der Waals surface area contributed by atoms with Crippen LogP contribution in [0.25, 0.3) is 0 Å². The van der Waals surface area contributed by atoms with Crippen LogP contribution in [-0.4, -0.2) is 18.2 Å². The Morgan fingerprint density at radius 3 is 2.45 bits per heavy atom. The van der Waals surface area contributed by atoms with Crippen molar-refractivity contribution in [3.8, 4) is 5.75 Å². The van der Waals surface area contributed by atoms with Gasteiger partial charge in [-0.05, 0) is 30.2 Å². The molecule has 3 nitrogen and oxygen atoms in total. The van der Waals surface area contributed by atoms with E-state index in [1.807, 2.05) is 36.4 Å². The summed E-state index contributed by atoms with van der Waals surface area (Å²) < 4.78 is 6.24. The molecule has 2 rings (SSSR count). The van der Waals surface area contributed by atoms with Gasteiger partial charge in [-0.3, -0.25) is 4.79 Å². The zero-order valence-corrected chi connectivity index (χ0v) is 12.6. The Morgan fingerprint density at radius 1 is 1.20 bits per heavy atom. The highest BCUT2D eigenvalue weighted by Crippen LogP contribution is 2.29. The summed E-state index contributed by atoms with van der Waals surface area (Å²) in [5.41, 5.74) is 1.68. The highest BCUT2D eigenvalue weighted by Gasteiger charge is 2.23. The molecule has 1 N–H and O–H groups in total. The largest absolute Gasteiger partial charge is 0.496 e. The maximum atomic E-state index is 11.6. The van der Waals surface area contributed by atoms with Crippen LogP contribution in [0.1, 0.15) is 17.0 Å². The van der Waals surface area contributed by atoms with Gasteiger partial charge in [0.05, 0.1) is 13.0 Å². The smallest absolute Gasteiger partial charge is 0.311 e. The number of hydrogen-bond donors (Lipinski definition) is 1. The summed E-state index contributed by atoms with van der Waals surface area (Å²) in [7, 11) is 1.55. The van der Waals surface area contributed by atoms with Crippen molar-refractivity contribution in [2.24, 2.45) is 0 Å². The molecule has 0 aliphatic carbocycles. The lowest BCUT2D eigenvalue weighted by Crippen LogP contribution is -2.15. The first-order valence-electron chi connectivity index (χ1n) is 6.22. The maximum Gasteiger partial charge on any atom is 0.311 e. The molecule has 4 heteroatoms. The molecule has 0 amide bonds. The van der Waals surface area contributed by atoms with E-state index in [0.29, 0.717) is 17.7 Å². The number of rotatable bonds is 5. The predicted molar refractivity (Wildman–Crippen MR) is 81.2 cm³/mol. The number of carboxylic acid groups (broad SMARTS) is 1. The number of methoxy groups -OCH3 is 1. The molecule has 0 aromatic heterocycles. The molecule has 0 aliphatic rings. The zero-order chi connectivity index (χ0) is 14.5. The van der Waals surface area contributed by atoms with Gasteiger partial charge in [0, 0.05) is 10.0 Å². The van der Waals surface area contributed by atoms with Crippen molar-refractivity contribution in [2.45, 2.75) is 12.3 Å². The minimum Gasteiger partial charge on any atom is -0.496 e. The first-order chi connectivity index (χ1) is 9.61. The summed E-state index contributed by atoms with van der Waals surface area (Å²) in [5.74, 6) is -0.859. The second kappa shape index (κ2) is 6.57. The van der Waals surface area contributed by atoms with E-state index in [9.17, 15) is 9.90 Å². The SMILES string of the molecule is COc1ccccc1C(Cc1ccc(Br)cc1)C(=O)O. The van der Waals surface area contributed by atoms with Gasteiger partial charge >= 0.3 is 5.97 Å². The lowest BCUT2D eigenvalue weighted by molar-refractivity contribution is -0.138. The molecule has 20 heavy (non-hydrogen) atoms. The van der Waals surface area contributed by atoms with Gasteiger partial charge in [-0.25, -0.2) is 0 Å². The van der Waals surface area contributed by atoms with Crippen molar-refractivity contribution in [3.63, 3.8) is 0 Å². The third kappa shape index (κ3) is 3.39. The third-order valence-electron chi connectivity index (χ3n) is 3.17. The van der Waals surface area contributed by atoms with E-state index in [-0.39, 0.29) is 0 Å². The quantitative estimate of drug-likeness (QED) is 0.902. The minimum absolute atomic E-state index is 0.434. The van der Waals surface area contributed by atoms with Gasteiger partial charge in [0.15, 0.2) is 0 Å². The van der Waals surface area contributed by atoms with Crippen LogP contribution in [0.15, 0.2) is 53.0 Å². The normalized spacial score (nSPS) is 11.9. The highest BCUT2D eigenvalue weighted by atomic mass is 79.9. The lowest BCUT2D eigenvalue weighted by Gasteiger charge is -2.16. The molecule has 104 valence electrons. The van der Waals surface area contributed by atoms with E-state index < -0.39 is 11.9 Å². The topological polar surface area (TPSA) is 46.5 Å². The summed E-state index contributed by atoms with van der Waals surface area (Å²) in [4.78, 5) is 11.6. The average molecular weight is 335 g/mol. The monoisotopic (exact) mass is 334 g/mol. The fourth-order valence-electron chi connectivity index (χ4n) is 2.14. The number of aliphatic carboxylic acids is 1. The van der Waals surface area contributed by atoms with E-state index in [0.717, 1.165) is 10.0 Å². The molecule has 2 aromatic carbocycles. The summed E-state index contributed by atoms with van der Waals surface area (Å²) in [5, 5.41) is 9.50. The fraction of sp³-hybridized carbons (Fsp3) is 0.188. The Kier molecular flexibility index (Phi) is 4.79. The van der Waals surface area contributed by atoms with Gasteiger partial charge in [-0.1, -0.05) is 46.3 Å². The molecule has 0 saturated heterocycles. The molecule has 0 bridgehead atoms. The van der Waals surface area contributed by atoms with Crippen LogP contribution >= 0.6 is 15.9 Å². The summed E-state index contributed by atoms with van der Waals surface area (Å²) in [6.45, 7) is 0. The Balaban J connectivity index is 2.32. The van der Waals surface area contributed by atoms with E-state index in [4.69, 9.17) is 4.74 Å². The van der Waals surface area contributed by atoms with Gasteiger partial charge in [-0.15, -0.1) is 0 Å². The summed E-state index contributed by atoms with van der Waals surface area (Å²) >= 11 is 3.37. The molecule has 0 saturated carbocycles. The number of para-hydroxylation sites is 1. The Bertz CT molecular complexity index is 593. The Morgan fingerprint density at radius 2 is 1.85 bits per heavy atom. The number of halogens is 1. The van der Waals surface area contributed by atoms with E-state index in [1.165, 1.54) is 0 Å². The molecule has 0 aliphatic heterocycles. The molecule has 1 atom stereocenters. The Hall–Kier alpha value is -1.81. The number of carbonyl (C=O) groups is 1. The van der Waals surface area contributed by atoms with Crippen LogP contribution < -0.4 is 4.74 Å². The molecular weight excluding hydrogens is 320 g/mol. The van der Waals surface area contributed by atoms with Crippen LogP contribution in [0.3, 0.4) is 0 Å². The lowest BCUT2D eigenvalue weighted by atomic mass is 9.91. The van der Waals surface area contributed by atoms with Crippen molar-refractivity contribution >= 4 is 21.9 Å². The average Bonchev–Trinajstić information content (AvgIpc) is 2.46. The van der Waals surface area contributed by atoms with Crippen molar-refractivity contribution in [3.05, 3.63) is 64.1 Å². The number of carboxylic acids is 1. The molecule has 2 aromatic rings. The molecule has 0 heterocycles. The van der Waals surface area contributed by atoms with Gasteiger partial charge in [0.25, 0.3) is 0 Å². The van der Waals surface area contributed by atoms with Crippen molar-refractivity contribution in [2.75, 3.05) is 7.11 Å². The van der Waals surface area contributed by atoms with Crippen molar-refractivity contribution in [1.82, 2.24) is 0 Å². The third-order valence-corrected chi connectivity index (χ3v) is 3.69. The second-order valence-corrected chi connectivity index (χ2v) is 5.38. The Labute approximate surface area is 126 Å². The van der Waals surface area contributed by atoms with Gasteiger partial charge in [-0.2, -0.15) is 0 Å². The summed E-state index contributed by atoms with van der Waals surface area (Å²) in [6.07, 6.45) is 0.434. The molecular formula is C16H15BrO3.